The summed E-state index contributed by atoms with van der Waals surface area (Å²) in [6, 6.07) is 8.85. The molecule has 0 aliphatic rings. The maximum absolute atomic E-state index is 12.9. The van der Waals surface area contributed by atoms with Gasteiger partial charge in [0.05, 0.1) is 15.5 Å². The quantitative estimate of drug-likeness (QED) is 0.649. The summed E-state index contributed by atoms with van der Waals surface area (Å²) in [6.45, 7) is 0. The van der Waals surface area contributed by atoms with Crippen molar-refractivity contribution in [2.24, 2.45) is 0 Å². The van der Waals surface area contributed by atoms with Crippen molar-refractivity contribution in [1.29, 1.82) is 0 Å². The van der Waals surface area contributed by atoms with Crippen LogP contribution in [0, 0.1) is 5.82 Å². The van der Waals surface area contributed by atoms with E-state index in [1.54, 1.807) is 6.07 Å². The summed E-state index contributed by atoms with van der Waals surface area (Å²) in [6.07, 6.45) is 0. The molecule has 0 saturated carbocycles. The Hall–Kier alpha value is -1.96. The molecule has 2 aromatic carbocycles. The number of hydrogen-bond acceptors (Lipinski definition) is 5. The topological polar surface area (TPSA) is 73.1 Å². The van der Waals surface area contributed by atoms with E-state index in [1.165, 1.54) is 12.1 Å². The molecule has 0 N–H and O–H groups in total. The van der Waals surface area contributed by atoms with E-state index >= 15 is 0 Å². The van der Waals surface area contributed by atoms with Crippen LogP contribution in [0.1, 0.15) is 0 Å². The summed E-state index contributed by atoms with van der Waals surface area (Å²) in [7, 11) is -4.04. The molecule has 23 heavy (non-hydrogen) atoms. The van der Waals surface area contributed by atoms with Gasteiger partial charge in [-0.1, -0.05) is 28.3 Å². The lowest BCUT2D eigenvalue weighted by molar-refractivity contribution is 0.440. The fraction of sp³-hybridized carbons (Fsp3) is 0. The Morgan fingerprint density at radius 3 is 2.35 bits per heavy atom. The third-order valence-corrected chi connectivity index (χ3v) is 4.99. The zero-order valence-electron chi connectivity index (χ0n) is 11.2. The lowest BCUT2D eigenvalue weighted by atomic mass is 10.2. The van der Waals surface area contributed by atoms with Crippen LogP contribution >= 0.6 is 23.2 Å². The van der Waals surface area contributed by atoms with Crippen LogP contribution in [-0.4, -0.2) is 18.6 Å². The fourth-order valence-corrected chi connectivity index (χ4v) is 3.33. The normalized spacial score (nSPS) is 11.6. The Bertz CT molecular complexity index is 972. The van der Waals surface area contributed by atoms with Gasteiger partial charge in [0.25, 0.3) is 9.84 Å². The van der Waals surface area contributed by atoms with Crippen molar-refractivity contribution in [2.45, 2.75) is 10.1 Å². The van der Waals surface area contributed by atoms with Crippen molar-refractivity contribution in [1.82, 2.24) is 10.2 Å². The third-order valence-electron chi connectivity index (χ3n) is 2.92. The number of rotatable bonds is 3. The van der Waals surface area contributed by atoms with E-state index in [4.69, 9.17) is 27.6 Å². The molecule has 0 radical (unpaired) electrons. The summed E-state index contributed by atoms with van der Waals surface area (Å²) < 4.78 is 42.8. The molecule has 118 valence electrons. The second-order valence-electron chi connectivity index (χ2n) is 4.45. The summed E-state index contributed by atoms with van der Waals surface area (Å²) >= 11 is 11.8. The second-order valence-corrected chi connectivity index (χ2v) is 7.13. The minimum absolute atomic E-state index is 0.0626. The van der Waals surface area contributed by atoms with Gasteiger partial charge in [-0.15, -0.1) is 5.10 Å². The van der Waals surface area contributed by atoms with Gasteiger partial charge in [0.15, 0.2) is 0 Å². The highest BCUT2D eigenvalue weighted by molar-refractivity contribution is 7.91. The smallest absolute Gasteiger partial charge is 0.340 e. The van der Waals surface area contributed by atoms with Crippen molar-refractivity contribution in [2.75, 3.05) is 0 Å². The second kappa shape index (κ2) is 5.92. The van der Waals surface area contributed by atoms with E-state index in [0.29, 0.717) is 10.6 Å². The summed E-state index contributed by atoms with van der Waals surface area (Å²) in [5.41, 5.74) is 0.351. The SMILES string of the molecule is O=S(=O)(c1ccc(F)cc1)c1nnc(-c2ccc(Cl)cc2Cl)o1. The van der Waals surface area contributed by atoms with Gasteiger partial charge in [0.1, 0.15) is 5.82 Å². The van der Waals surface area contributed by atoms with Crippen molar-refractivity contribution in [3.8, 4) is 11.5 Å². The van der Waals surface area contributed by atoms with E-state index < -0.39 is 20.9 Å². The average Bonchev–Trinajstić information content (AvgIpc) is 2.98. The standard InChI is InChI=1S/C14H7Cl2FN2O3S/c15-8-1-6-11(12(16)7-8)13-18-19-14(22-13)23(20,21)10-4-2-9(17)3-5-10/h1-7H. The maximum Gasteiger partial charge on any atom is 0.340 e. The molecule has 0 aliphatic heterocycles. The number of benzene rings is 2. The van der Waals surface area contributed by atoms with Crippen molar-refractivity contribution < 1.29 is 17.2 Å². The first-order valence-corrected chi connectivity index (χ1v) is 8.41. The van der Waals surface area contributed by atoms with Gasteiger partial charge >= 0.3 is 5.22 Å². The largest absolute Gasteiger partial charge is 0.407 e. The van der Waals surface area contributed by atoms with Gasteiger partial charge in [-0.2, -0.15) is 0 Å². The first-order valence-electron chi connectivity index (χ1n) is 6.17. The van der Waals surface area contributed by atoms with Crippen LogP contribution in [0.3, 0.4) is 0 Å². The molecule has 0 spiro atoms. The Kier molecular flexibility index (Phi) is 4.09. The molecular weight excluding hydrogens is 366 g/mol. The lowest BCUT2D eigenvalue weighted by Gasteiger charge is -2.00. The van der Waals surface area contributed by atoms with Crippen LogP contribution in [0.4, 0.5) is 4.39 Å². The molecule has 0 atom stereocenters. The van der Waals surface area contributed by atoms with Gasteiger partial charge in [-0.05, 0) is 42.5 Å². The number of nitrogens with zero attached hydrogens (tertiary/aromatic N) is 2. The molecule has 0 unspecified atom stereocenters. The van der Waals surface area contributed by atoms with Crippen molar-refractivity contribution in [3.05, 3.63) is 58.3 Å². The predicted octanol–water partition coefficient (Wildman–Crippen LogP) is 4.02. The molecule has 0 saturated heterocycles. The molecule has 3 aromatic rings. The van der Waals surface area contributed by atoms with Crippen molar-refractivity contribution in [3.63, 3.8) is 0 Å². The van der Waals surface area contributed by atoms with E-state index in [2.05, 4.69) is 10.2 Å². The Labute approximate surface area is 140 Å². The highest BCUT2D eigenvalue weighted by atomic mass is 35.5. The van der Waals surface area contributed by atoms with Crippen LogP contribution in [0.25, 0.3) is 11.5 Å². The Balaban J connectivity index is 2.03. The molecule has 5 nitrogen and oxygen atoms in total. The third kappa shape index (κ3) is 3.08. The highest BCUT2D eigenvalue weighted by Crippen LogP contribution is 2.31. The minimum Gasteiger partial charge on any atom is -0.407 e. The van der Waals surface area contributed by atoms with Crippen LogP contribution in [0.5, 0.6) is 0 Å². The van der Waals surface area contributed by atoms with E-state index in [9.17, 15) is 12.8 Å². The predicted molar refractivity (Wildman–Crippen MR) is 81.6 cm³/mol. The van der Waals surface area contributed by atoms with E-state index in [0.717, 1.165) is 24.3 Å². The monoisotopic (exact) mass is 372 g/mol. The average molecular weight is 373 g/mol. The molecule has 0 bridgehead atoms. The van der Waals surface area contributed by atoms with Gasteiger partial charge in [-0.25, -0.2) is 12.8 Å². The first kappa shape index (κ1) is 15.9. The molecule has 1 heterocycles. The van der Waals surface area contributed by atoms with E-state index in [1.807, 2.05) is 0 Å². The Morgan fingerprint density at radius 1 is 1.00 bits per heavy atom. The van der Waals surface area contributed by atoms with Gasteiger partial charge < -0.3 is 4.42 Å². The summed E-state index contributed by atoms with van der Waals surface area (Å²) in [4.78, 5) is -0.156. The number of aromatic nitrogens is 2. The first-order chi connectivity index (χ1) is 10.9. The molecule has 9 heteroatoms. The van der Waals surface area contributed by atoms with Gasteiger partial charge in [0, 0.05) is 5.02 Å². The lowest BCUT2D eigenvalue weighted by Crippen LogP contribution is -2.02. The molecular formula is C14H7Cl2FN2O3S. The molecule has 0 fully saturated rings. The van der Waals surface area contributed by atoms with Gasteiger partial charge in [0.2, 0.25) is 5.89 Å². The Morgan fingerprint density at radius 2 is 1.70 bits per heavy atom. The number of sulfone groups is 1. The summed E-state index contributed by atoms with van der Waals surface area (Å²) in [5.74, 6) is -0.615. The maximum atomic E-state index is 12.9. The zero-order valence-corrected chi connectivity index (χ0v) is 13.5. The zero-order chi connectivity index (χ0) is 16.6. The van der Waals surface area contributed by atoms with Gasteiger partial charge in [-0.3, -0.25) is 0 Å². The van der Waals surface area contributed by atoms with Crippen LogP contribution in [0.2, 0.25) is 10.0 Å². The van der Waals surface area contributed by atoms with Crippen LogP contribution in [0.15, 0.2) is 57.0 Å². The van der Waals surface area contributed by atoms with E-state index in [-0.39, 0.29) is 15.8 Å². The minimum atomic E-state index is -4.04. The number of halogens is 3. The molecule has 1 aromatic heterocycles. The molecule has 3 rings (SSSR count). The number of hydrogen-bond donors (Lipinski definition) is 0. The van der Waals surface area contributed by atoms with Crippen molar-refractivity contribution >= 4 is 33.0 Å². The summed E-state index contributed by atoms with van der Waals surface area (Å²) in [5, 5.41) is 7.28. The van der Waals surface area contributed by atoms with Crippen LogP contribution in [-0.2, 0) is 9.84 Å². The highest BCUT2D eigenvalue weighted by Gasteiger charge is 2.26. The fourth-order valence-electron chi connectivity index (χ4n) is 1.80. The molecule has 0 amide bonds. The van der Waals surface area contributed by atoms with Crippen LogP contribution < -0.4 is 0 Å². The molecule has 0 aliphatic carbocycles.